The van der Waals surface area contributed by atoms with E-state index in [1.807, 2.05) is 18.2 Å². The summed E-state index contributed by atoms with van der Waals surface area (Å²) in [6.07, 6.45) is 7.03. The molecule has 2 aliphatic rings. The zero-order chi connectivity index (χ0) is 11.7. The number of hydrogen-bond acceptors (Lipinski definition) is 3. The van der Waals surface area contributed by atoms with Crippen molar-refractivity contribution in [3.8, 4) is 5.75 Å². The number of nitrogens with zero attached hydrogens (tertiary/aromatic N) is 1. The average molecular weight is 231 g/mol. The Labute approximate surface area is 101 Å². The normalized spacial score (nSPS) is 22.0. The minimum atomic E-state index is 0.386. The van der Waals surface area contributed by atoms with Crippen LogP contribution in [-0.2, 0) is 6.42 Å². The quantitative estimate of drug-likeness (QED) is 0.627. The van der Waals surface area contributed by atoms with Crippen LogP contribution in [0.4, 0.5) is 0 Å². The lowest BCUT2D eigenvalue weighted by Gasteiger charge is -2.15. The van der Waals surface area contributed by atoms with E-state index in [1.54, 1.807) is 0 Å². The third-order valence-corrected chi connectivity index (χ3v) is 3.77. The molecular formula is C14H17NO2. The van der Waals surface area contributed by atoms with Crippen LogP contribution < -0.4 is 4.74 Å². The molecule has 3 heteroatoms. The van der Waals surface area contributed by atoms with Crippen molar-refractivity contribution in [1.82, 2.24) is 0 Å². The molecule has 0 aromatic heterocycles. The second-order valence-electron chi connectivity index (χ2n) is 4.85. The summed E-state index contributed by atoms with van der Waals surface area (Å²) in [5, 5.41) is 12.3. The Balaban J connectivity index is 1.88. The van der Waals surface area contributed by atoms with E-state index in [1.165, 1.54) is 31.2 Å². The molecule has 90 valence electrons. The monoisotopic (exact) mass is 231 g/mol. The highest BCUT2D eigenvalue weighted by Crippen LogP contribution is 2.33. The molecule has 3 rings (SSSR count). The summed E-state index contributed by atoms with van der Waals surface area (Å²) >= 11 is 0. The molecule has 0 unspecified atom stereocenters. The lowest BCUT2D eigenvalue weighted by molar-refractivity contribution is 0.208. The predicted molar refractivity (Wildman–Crippen MR) is 66.0 cm³/mol. The van der Waals surface area contributed by atoms with Crippen LogP contribution in [0.3, 0.4) is 0 Å². The molecule has 1 fully saturated rings. The van der Waals surface area contributed by atoms with Crippen molar-refractivity contribution < 1.29 is 9.94 Å². The maximum atomic E-state index is 8.94. The number of ether oxygens (including phenoxy) is 1. The average Bonchev–Trinajstić information content (AvgIpc) is 2.97. The first-order valence-electron chi connectivity index (χ1n) is 6.38. The smallest absolute Gasteiger partial charge is 0.123 e. The molecule has 2 aliphatic carbocycles. The maximum absolute atomic E-state index is 8.94. The Morgan fingerprint density at radius 3 is 2.76 bits per heavy atom. The van der Waals surface area contributed by atoms with E-state index in [0.29, 0.717) is 6.10 Å². The number of benzene rings is 1. The first-order valence-corrected chi connectivity index (χ1v) is 6.38. The number of hydrogen-bond donors (Lipinski definition) is 1. The minimum Gasteiger partial charge on any atom is -0.490 e. The van der Waals surface area contributed by atoms with Crippen molar-refractivity contribution >= 4 is 5.71 Å². The SMILES string of the molecule is O/N=C1/CCc2c(OC3CCCC3)cccc21. The van der Waals surface area contributed by atoms with Gasteiger partial charge in [0.25, 0.3) is 0 Å². The summed E-state index contributed by atoms with van der Waals surface area (Å²) in [4.78, 5) is 0. The van der Waals surface area contributed by atoms with Gasteiger partial charge in [-0.05, 0) is 44.6 Å². The van der Waals surface area contributed by atoms with Crippen LogP contribution in [-0.4, -0.2) is 17.0 Å². The highest BCUT2D eigenvalue weighted by atomic mass is 16.5. The molecular weight excluding hydrogens is 214 g/mol. The van der Waals surface area contributed by atoms with Crippen LogP contribution in [0.1, 0.15) is 43.2 Å². The molecule has 0 radical (unpaired) electrons. The van der Waals surface area contributed by atoms with Gasteiger partial charge in [-0.1, -0.05) is 17.3 Å². The van der Waals surface area contributed by atoms with Crippen LogP contribution >= 0.6 is 0 Å². The molecule has 1 aromatic rings. The highest BCUT2D eigenvalue weighted by molar-refractivity contribution is 6.04. The summed E-state index contributed by atoms with van der Waals surface area (Å²) in [6.45, 7) is 0. The van der Waals surface area contributed by atoms with Crippen LogP contribution in [0.25, 0.3) is 0 Å². The number of rotatable bonds is 2. The van der Waals surface area contributed by atoms with Crippen LogP contribution in [0.5, 0.6) is 5.75 Å². The fourth-order valence-corrected chi connectivity index (χ4v) is 2.87. The molecule has 3 nitrogen and oxygen atoms in total. The fraction of sp³-hybridized carbons (Fsp3) is 0.500. The van der Waals surface area contributed by atoms with Gasteiger partial charge < -0.3 is 9.94 Å². The van der Waals surface area contributed by atoms with Gasteiger partial charge in [-0.3, -0.25) is 0 Å². The van der Waals surface area contributed by atoms with Crippen molar-refractivity contribution in [3.63, 3.8) is 0 Å². The Hall–Kier alpha value is -1.51. The second-order valence-corrected chi connectivity index (χ2v) is 4.85. The first kappa shape index (κ1) is 10.6. The van der Waals surface area contributed by atoms with Gasteiger partial charge in [-0.2, -0.15) is 0 Å². The van der Waals surface area contributed by atoms with Gasteiger partial charge in [0.2, 0.25) is 0 Å². The summed E-state index contributed by atoms with van der Waals surface area (Å²) in [7, 11) is 0. The van der Waals surface area contributed by atoms with Crippen LogP contribution in [0.2, 0.25) is 0 Å². The highest BCUT2D eigenvalue weighted by Gasteiger charge is 2.24. The Bertz CT molecular complexity index is 448. The lowest BCUT2D eigenvalue weighted by atomic mass is 10.1. The molecule has 1 aromatic carbocycles. The van der Waals surface area contributed by atoms with Crippen LogP contribution in [0, 0.1) is 0 Å². The zero-order valence-corrected chi connectivity index (χ0v) is 9.85. The van der Waals surface area contributed by atoms with Gasteiger partial charge in [0, 0.05) is 11.1 Å². The van der Waals surface area contributed by atoms with E-state index < -0.39 is 0 Å². The third-order valence-electron chi connectivity index (χ3n) is 3.77. The molecule has 0 bridgehead atoms. The first-order chi connectivity index (χ1) is 8.38. The van der Waals surface area contributed by atoms with E-state index in [2.05, 4.69) is 5.16 Å². The summed E-state index contributed by atoms with van der Waals surface area (Å²) in [5.74, 6) is 0.994. The fourth-order valence-electron chi connectivity index (χ4n) is 2.87. The van der Waals surface area contributed by atoms with Gasteiger partial charge in [0.05, 0.1) is 11.8 Å². The molecule has 0 saturated heterocycles. The van der Waals surface area contributed by atoms with Gasteiger partial charge >= 0.3 is 0 Å². The molecule has 0 heterocycles. The summed E-state index contributed by atoms with van der Waals surface area (Å²) in [6, 6.07) is 6.04. The van der Waals surface area contributed by atoms with E-state index >= 15 is 0 Å². The topological polar surface area (TPSA) is 41.8 Å². The lowest BCUT2D eigenvalue weighted by Crippen LogP contribution is -2.12. The van der Waals surface area contributed by atoms with E-state index in [-0.39, 0.29) is 0 Å². The third kappa shape index (κ3) is 1.90. The molecule has 17 heavy (non-hydrogen) atoms. The predicted octanol–water partition coefficient (Wildman–Crippen LogP) is 3.13. The van der Waals surface area contributed by atoms with Gasteiger partial charge in [-0.15, -0.1) is 0 Å². The van der Waals surface area contributed by atoms with E-state index in [9.17, 15) is 0 Å². The van der Waals surface area contributed by atoms with Crippen LogP contribution in [0.15, 0.2) is 23.4 Å². The zero-order valence-electron chi connectivity index (χ0n) is 9.85. The minimum absolute atomic E-state index is 0.386. The van der Waals surface area contributed by atoms with Gasteiger partial charge in [-0.25, -0.2) is 0 Å². The van der Waals surface area contributed by atoms with Gasteiger partial charge in [0.15, 0.2) is 0 Å². The number of oxime groups is 1. The van der Waals surface area contributed by atoms with Crippen molar-refractivity contribution in [3.05, 3.63) is 29.3 Å². The molecule has 0 aliphatic heterocycles. The van der Waals surface area contributed by atoms with Crippen molar-refractivity contribution in [2.45, 2.75) is 44.6 Å². The Morgan fingerprint density at radius 2 is 2.00 bits per heavy atom. The van der Waals surface area contributed by atoms with Crippen molar-refractivity contribution in [2.24, 2.45) is 5.16 Å². The summed E-state index contributed by atoms with van der Waals surface area (Å²) < 4.78 is 6.07. The molecule has 1 N–H and O–H groups in total. The Kier molecular flexibility index (Phi) is 2.75. The second kappa shape index (κ2) is 4.40. The van der Waals surface area contributed by atoms with Crippen molar-refractivity contribution in [1.29, 1.82) is 0 Å². The molecule has 1 saturated carbocycles. The molecule has 0 spiro atoms. The standard InChI is InChI=1S/C14H17NO2/c16-15-13-9-8-12-11(13)6-3-7-14(12)17-10-4-1-2-5-10/h3,6-7,10,16H,1-2,4-5,8-9H2/b15-13-. The van der Waals surface area contributed by atoms with E-state index in [4.69, 9.17) is 9.94 Å². The Morgan fingerprint density at radius 1 is 1.18 bits per heavy atom. The largest absolute Gasteiger partial charge is 0.490 e. The van der Waals surface area contributed by atoms with Crippen molar-refractivity contribution in [2.75, 3.05) is 0 Å². The number of fused-ring (bicyclic) bond motifs is 1. The molecule has 0 atom stereocenters. The molecule has 0 amide bonds. The maximum Gasteiger partial charge on any atom is 0.123 e. The van der Waals surface area contributed by atoms with E-state index in [0.717, 1.165) is 29.9 Å². The summed E-state index contributed by atoms with van der Waals surface area (Å²) in [5.41, 5.74) is 3.06. The van der Waals surface area contributed by atoms with Gasteiger partial charge in [0.1, 0.15) is 5.75 Å².